The molecule has 0 unspecified atom stereocenters. The first-order valence-electron chi connectivity index (χ1n) is 6.08. The number of carboxylic acid groups (broad SMARTS) is 1. The largest absolute Gasteiger partial charge is 0.481 e. The molecule has 4 nitrogen and oxygen atoms in total. The van der Waals surface area contributed by atoms with Crippen LogP contribution in [0.1, 0.15) is 30.5 Å². The number of aryl methyl sites for hydroxylation is 1. The van der Waals surface area contributed by atoms with Gasteiger partial charge in [0.2, 0.25) is 5.91 Å². The van der Waals surface area contributed by atoms with Gasteiger partial charge in [-0.15, -0.1) is 0 Å². The zero-order valence-electron chi connectivity index (χ0n) is 10.6. The van der Waals surface area contributed by atoms with Gasteiger partial charge in [0.15, 0.2) is 0 Å². The molecular weight excluding hydrogens is 230 g/mol. The maximum atomic E-state index is 11.8. The second-order valence-electron chi connectivity index (χ2n) is 4.87. The number of rotatable bonds is 3. The molecule has 1 amide bonds. The quantitative estimate of drug-likeness (QED) is 0.888. The predicted octanol–water partition coefficient (Wildman–Crippen LogP) is 1.99. The van der Waals surface area contributed by atoms with Crippen molar-refractivity contribution in [2.24, 2.45) is 5.92 Å². The zero-order chi connectivity index (χ0) is 13.3. The molecule has 2 atom stereocenters. The van der Waals surface area contributed by atoms with Gasteiger partial charge in [-0.3, -0.25) is 9.59 Å². The fraction of sp³-hybridized carbons (Fsp3) is 0.429. The molecule has 1 aromatic rings. The minimum atomic E-state index is -0.887. The first kappa shape index (κ1) is 12.6. The van der Waals surface area contributed by atoms with E-state index in [-0.39, 0.29) is 18.4 Å². The summed E-state index contributed by atoms with van der Waals surface area (Å²) < 4.78 is 0. The van der Waals surface area contributed by atoms with Gasteiger partial charge in [-0.05, 0) is 19.4 Å². The third-order valence-electron chi connectivity index (χ3n) is 3.53. The lowest BCUT2D eigenvalue weighted by Gasteiger charge is -2.25. The lowest BCUT2D eigenvalue weighted by molar-refractivity contribution is -0.141. The van der Waals surface area contributed by atoms with Crippen LogP contribution in [0.25, 0.3) is 0 Å². The van der Waals surface area contributed by atoms with Gasteiger partial charge in [0.05, 0.1) is 12.0 Å². The van der Waals surface area contributed by atoms with Crippen molar-refractivity contribution < 1.29 is 14.7 Å². The number of carboxylic acids is 1. The van der Waals surface area contributed by atoms with Crippen molar-refractivity contribution in [1.82, 2.24) is 4.90 Å². The highest BCUT2D eigenvalue weighted by molar-refractivity contribution is 5.86. The normalized spacial score (nSPS) is 21.1. The Balaban J connectivity index is 2.14. The van der Waals surface area contributed by atoms with Gasteiger partial charge in [-0.1, -0.05) is 29.8 Å². The van der Waals surface area contributed by atoms with Crippen LogP contribution in [0.2, 0.25) is 0 Å². The van der Waals surface area contributed by atoms with Crippen LogP contribution in [0.5, 0.6) is 0 Å². The molecule has 1 fully saturated rings. The number of hydrogen-bond donors (Lipinski definition) is 1. The van der Waals surface area contributed by atoms with Crippen molar-refractivity contribution in [2.45, 2.75) is 26.3 Å². The number of carbonyl (C=O) groups is 2. The molecule has 0 bridgehead atoms. The second kappa shape index (κ2) is 4.80. The Kier molecular flexibility index (Phi) is 3.36. The molecule has 18 heavy (non-hydrogen) atoms. The molecule has 1 heterocycles. The average molecular weight is 247 g/mol. The van der Waals surface area contributed by atoms with Gasteiger partial charge in [0.25, 0.3) is 0 Å². The van der Waals surface area contributed by atoms with E-state index in [2.05, 4.69) is 0 Å². The van der Waals surface area contributed by atoms with Crippen molar-refractivity contribution in [3.05, 3.63) is 35.4 Å². The van der Waals surface area contributed by atoms with Crippen molar-refractivity contribution in [1.29, 1.82) is 0 Å². The highest BCUT2D eigenvalue weighted by Gasteiger charge is 2.36. The van der Waals surface area contributed by atoms with Crippen LogP contribution in [0.3, 0.4) is 0 Å². The van der Waals surface area contributed by atoms with E-state index in [4.69, 9.17) is 5.11 Å². The Morgan fingerprint density at radius 3 is 2.50 bits per heavy atom. The van der Waals surface area contributed by atoms with Crippen LogP contribution in [0.4, 0.5) is 0 Å². The molecule has 1 aliphatic heterocycles. The lowest BCUT2D eigenvalue weighted by atomic mass is 10.1. The van der Waals surface area contributed by atoms with Crippen LogP contribution >= 0.6 is 0 Å². The van der Waals surface area contributed by atoms with Crippen LogP contribution in [-0.4, -0.2) is 28.4 Å². The Hall–Kier alpha value is -1.84. The second-order valence-corrected chi connectivity index (χ2v) is 4.87. The van der Waals surface area contributed by atoms with E-state index >= 15 is 0 Å². The van der Waals surface area contributed by atoms with Crippen molar-refractivity contribution >= 4 is 11.9 Å². The molecule has 0 spiro atoms. The van der Waals surface area contributed by atoms with Crippen LogP contribution < -0.4 is 0 Å². The van der Waals surface area contributed by atoms with Gasteiger partial charge < -0.3 is 10.0 Å². The summed E-state index contributed by atoms with van der Waals surface area (Å²) in [6.45, 7) is 4.26. The van der Waals surface area contributed by atoms with Gasteiger partial charge in [0.1, 0.15) is 0 Å². The number of amides is 1. The van der Waals surface area contributed by atoms with Crippen LogP contribution in [0.15, 0.2) is 24.3 Å². The monoisotopic (exact) mass is 247 g/mol. The SMILES string of the molecule is Cc1ccc([C@@H](C)N2C[C@H](C(=O)O)CC2=O)cc1. The molecule has 1 N–H and O–H groups in total. The topological polar surface area (TPSA) is 57.6 Å². The molecule has 0 saturated carbocycles. The van der Waals surface area contributed by atoms with E-state index in [1.807, 2.05) is 38.1 Å². The predicted molar refractivity (Wildman–Crippen MR) is 67.0 cm³/mol. The minimum Gasteiger partial charge on any atom is -0.481 e. The fourth-order valence-corrected chi connectivity index (χ4v) is 2.30. The molecule has 1 aliphatic rings. The number of benzene rings is 1. The maximum Gasteiger partial charge on any atom is 0.308 e. The maximum absolute atomic E-state index is 11.8. The van der Waals surface area contributed by atoms with E-state index in [1.165, 1.54) is 5.56 Å². The van der Waals surface area contributed by atoms with Gasteiger partial charge in [0, 0.05) is 13.0 Å². The Bertz CT molecular complexity index is 466. The number of likely N-dealkylation sites (tertiary alicyclic amines) is 1. The van der Waals surface area contributed by atoms with Gasteiger partial charge in [-0.25, -0.2) is 0 Å². The third-order valence-corrected chi connectivity index (χ3v) is 3.53. The van der Waals surface area contributed by atoms with E-state index in [1.54, 1.807) is 4.90 Å². The summed E-state index contributed by atoms with van der Waals surface area (Å²) in [6.07, 6.45) is 0.117. The highest BCUT2D eigenvalue weighted by Crippen LogP contribution is 2.28. The van der Waals surface area contributed by atoms with Gasteiger partial charge in [-0.2, -0.15) is 0 Å². The molecule has 2 rings (SSSR count). The Morgan fingerprint density at radius 2 is 2.00 bits per heavy atom. The summed E-state index contributed by atoms with van der Waals surface area (Å²) in [6, 6.07) is 7.91. The summed E-state index contributed by atoms with van der Waals surface area (Å²) in [5.41, 5.74) is 2.21. The zero-order valence-corrected chi connectivity index (χ0v) is 10.6. The number of hydrogen-bond acceptors (Lipinski definition) is 2. The molecular formula is C14H17NO3. The summed E-state index contributed by atoms with van der Waals surface area (Å²) in [5.74, 6) is -1.53. The lowest BCUT2D eigenvalue weighted by Crippen LogP contribution is -2.29. The van der Waals surface area contributed by atoms with E-state index in [0.29, 0.717) is 6.54 Å². The Morgan fingerprint density at radius 1 is 1.39 bits per heavy atom. The van der Waals surface area contributed by atoms with Crippen LogP contribution in [0, 0.1) is 12.8 Å². The minimum absolute atomic E-state index is 0.0672. The summed E-state index contributed by atoms with van der Waals surface area (Å²) >= 11 is 0. The van der Waals surface area contributed by atoms with Crippen molar-refractivity contribution in [3.8, 4) is 0 Å². The summed E-state index contributed by atoms with van der Waals surface area (Å²) in [4.78, 5) is 24.4. The third kappa shape index (κ3) is 2.37. The van der Waals surface area contributed by atoms with E-state index in [0.717, 1.165) is 5.56 Å². The highest BCUT2D eigenvalue weighted by atomic mass is 16.4. The number of aliphatic carboxylic acids is 1. The fourth-order valence-electron chi connectivity index (χ4n) is 2.30. The van der Waals surface area contributed by atoms with E-state index < -0.39 is 11.9 Å². The van der Waals surface area contributed by atoms with Gasteiger partial charge >= 0.3 is 5.97 Å². The molecule has 4 heteroatoms. The molecule has 0 radical (unpaired) electrons. The average Bonchev–Trinajstić information content (AvgIpc) is 2.71. The molecule has 0 aromatic heterocycles. The first-order chi connectivity index (χ1) is 8.49. The van der Waals surface area contributed by atoms with Crippen LogP contribution in [-0.2, 0) is 9.59 Å². The Labute approximate surface area is 106 Å². The summed E-state index contributed by atoms with van der Waals surface area (Å²) in [5, 5.41) is 8.96. The van der Waals surface area contributed by atoms with Crippen molar-refractivity contribution in [3.63, 3.8) is 0 Å². The number of nitrogens with zero attached hydrogens (tertiary/aromatic N) is 1. The first-order valence-corrected chi connectivity index (χ1v) is 6.08. The summed E-state index contributed by atoms with van der Waals surface area (Å²) in [7, 11) is 0. The smallest absolute Gasteiger partial charge is 0.308 e. The molecule has 0 aliphatic carbocycles. The molecule has 1 aromatic carbocycles. The standard InChI is InChI=1S/C14H17NO3/c1-9-3-5-11(6-4-9)10(2)15-8-12(14(17)18)7-13(15)16/h3-6,10,12H,7-8H2,1-2H3,(H,17,18)/t10-,12-/m1/s1. The number of carbonyl (C=O) groups excluding carboxylic acids is 1. The molecule has 1 saturated heterocycles. The van der Waals surface area contributed by atoms with Crippen molar-refractivity contribution in [2.75, 3.05) is 6.54 Å². The molecule has 96 valence electrons. The van der Waals surface area contributed by atoms with E-state index in [9.17, 15) is 9.59 Å².